The number of fused-ring (bicyclic) bond motifs is 3. The Hall–Kier alpha value is -5.08. The first-order chi connectivity index (χ1) is 20.0. The van der Waals surface area contributed by atoms with Crippen molar-refractivity contribution in [2.24, 2.45) is 0 Å². The molecule has 1 aliphatic carbocycles. The predicted octanol–water partition coefficient (Wildman–Crippen LogP) is 9.41. The summed E-state index contributed by atoms with van der Waals surface area (Å²) in [5.74, 6) is 0.496. The van der Waals surface area contributed by atoms with E-state index in [2.05, 4.69) is 74.5 Å². The lowest BCUT2D eigenvalue weighted by Gasteiger charge is -2.35. The number of hydrogen-bond donors (Lipinski definition) is 2. The summed E-state index contributed by atoms with van der Waals surface area (Å²) in [6.07, 6.45) is 0. The standard InChI is InChI=1S/C39H30O2/c1-25-13-17-31-32-18-14-26(2)22-36(32)39(35(31)21-25,29-15-19-37(40)33(23-29)27-9-5-3-6-10-27)30-16-20-38(41)34(24-30)28-11-7-4-8-12-28/h3-24,40-41H,1-2H3. The van der Waals surface area contributed by atoms with Gasteiger partial charge in [-0.15, -0.1) is 0 Å². The normalized spacial score (nSPS) is 13.0. The maximum absolute atomic E-state index is 11.1. The molecule has 0 radical (unpaired) electrons. The van der Waals surface area contributed by atoms with Crippen LogP contribution in [0.2, 0.25) is 0 Å². The van der Waals surface area contributed by atoms with E-state index in [4.69, 9.17) is 0 Å². The second-order valence-electron chi connectivity index (χ2n) is 11.0. The minimum Gasteiger partial charge on any atom is -0.507 e. The van der Waals surface area contributed by atoms with Crippen LogP contribution in [0.5, 0.6) is 11.5 Å². The molecule has 1 aliphatic rings. The summed E-state index contributed by atoms with van der Waals surface area (Å²) in [6.45, 7) is 4.27. The van der Waals surface area contributed by atoms with Gasteiger partial charge < -0.3 is 10.2 Å². The minimum atomic E-state index is -0.669. The van der Waals surface area contributed by atoms with E-state index in [0.717, 1.165) is 33.4 Å². The van der Waals surface area contributed by atoms with Crippen LogP contribution < -0.4 is 0 Å². The number of aryl methyl sites for hydroxylation is 2. The van der Waals surface area contributed by atoms with Crippen molar-refractivity contribution in [3.05, 3.63) is 167 Å². The second-order valence-corrected chi connectivity index (χ2v) is 11.0. The van der Waals surface area contributed by atoms with Crippen LogP contribution in [0, 0.1) is 13.8 Å². The fraction of sp³-hybridized carbons (Fsp3) is 0.0769. The SMILES string of the molecule is Cc1ccc2c(c1)C(c1ccc(O)c(-c3ccccc3)c1)(c1ccc(O)c(-c3ccccc3)c1)c1cc(C)ccc1-2. The van der Waals surface area contributed by atoms with Crippen molar-refractivity contribution < 1.29 is 10.2 Å². The van der Waals surface area contributed by atoms with E-state index in [0.29, 0.717) is 0 Å². The third kappa shape index (κ3) is 3.87. The smallest absolute Gasteiger partial charge is 0.123 e. The van der Waals surface area contributed by atoms with Crippen LogP contribution in [0.15, 0.2) is 133 Å². The highest BCUT2D eigenvalue weighted by molar-refractivity contribution is 5.88. The number of rotatable bonds is 4. The molecule has 0 aromatic heterocycles. The summed E-state index contributed by atoms with van der Waals surface area (Å²) >= 11 is 0. The molecule has 41 heavy (non-hydrogen) atoms. The van der Waals surface area contributed by atoms with E-state index in [1.807, 2.05) is 72.8 Å². The summed E-state index contributed by atoms with van der Waals surface area (Å²) in [7, 11) is 0. The minimum absolute atomic E-state index is 0.248. The van der Waals surface area contributed by atoms with Crippen molar-refractivity contribution in [3.63, 3.8) is 0 Å². The molecule has 0 saturated heterocycles. The zero-order valence-corrected chi connectivity index (χ0v) is 23.1. The Balaban J connectivity index is 1.62. The maximum atomic E-state index is 11.1. The molecule has 0 atom stereocenters. The first-order valence-electron chi connectivity index (χ1n) is 14.0. The van der Waals surface area contributed by atoms with Crippen molar-refractivity contribution in [2.75, 3.05) is 0 Å². The fourth-order valence-electron chi connectivity index (χ4n) is 6.58. The van der Waals surface area contributed by atoms with Crippen LogP contribution in [0.25, 0.3) is 33.4 Å². The van der Waals surface area contributed by atoms with Gasteiger partial charge >= 0.3 is 0 Å². The zero-order chi connectivity index (χ0) is 28.1. The largest absolute Gasteiger partial charge is 0.507 e. The Morgan fingerprint density at radius 3 is 1.24 bits per heavy atom. The van der Waals surface area contributed by atoms with E-state index in [-0.39, 0.29) is 11.5 Å². The maximum Gasteiger partial charge on any atom is 0.123 e. The van der Waals surface area contributed by atoms with Gasteiger partial charge in [0.2, 0.25) is 0 Å². The van der Waals surface area contributed by atoms with Crippen LogP contribution in [0.3, 0.4) is 0 Å². The van der Waals surface area contributed by atoms with Gasteiger partial charge in [0.25, 0.3) is 0 Å². The Kier molecular flexibility index (Phi) is 5.80. The first kappa shape index (κ1) is 24.9. The van der Waals surface area contributed by atoms with Gasteiger partial charge in [0.1, 0.15) is 11.5 Å². The van der Waals surface area contributed by atoms with E-state index < -0.39 is 5.41 Å². The highest BCUT2D eigenvalue weighted by Gasteiger charge is 2.46. The topological polar surface area (TPSA) is 40.5 Å². The van der Waals surface area contributed by atoms with E-state index >= 15 is 0 Å². The van der Waals surface area contributed by atoms with E-state index in [1.54, 1.807) is 0 Å². The molecule has 0 heterocycles. The number of hydrogen-bond acceptors (Lipinski definition) is 2. The fourth-order valence-corrected chi connectivity index (χ4v) is 6.58. The molecule has 0 bridgehead atoms. The molecule has 0 saturated carbocycles. The summed E-state index contributed by atoms with van der Waals surface area (Å²) in [6, 6.07) is 45.6. The molecule has 6 aromatic rings. The molecule has 198 valence electrons. The van der Waals surface area contributed by atoms with Gasteiger partial charge in [0, 0.05) is 11.1 Å². The highest BCUT2D eigenvalue weighted by Crippen LogP contribution is 2.58. The van der Waals surface area contributed by atoms with Gasteiger partial charge in [0.15, 0.2) is 0 Å². The number of aromatic hydroxyl groups is 2. The van der Waals surface area contributed by atoms with Gasteiger partial charge in [-0.1, -0.05) is 120 Å². The average molecular weight is 531 g/mol. The van der Waals surface area contributed by atoms with Gasteiger partial charge in [0.05, 0.1) is 5.41 Å². The van der Waals surface area contributed by atoms with Crippen LogP contribution in [-0.2, 0) is 5.41 Å². The first-order valence-corrected chi connectivity index (χ1v) is 14.0. The Morgan fingerprint density at radius 1 is 0.415 bits per heavy atom. The van der Waals surface area contributed by atoms with Crippen molar-refractivity contribution in [2.45, 2.75) is 19.3 Å². The van der Waals surface area contributed by atoms with E-state index in [9.17, 15) is 10.2 Å². The Bertz CT molecular complexity index is 1780. The molecule has 2 heteroatoms. The van der Waals surface area contributed by atoms with E-state index in [1.165, 1.54) is 33.4 Å². The monoisotopic (exact) mass is 530 g/mol. The predicted molar refractivity (Wildman–Crippen MR) is 167 cm³/mol. The van der Waals surface area contributed by atoms with Crippen molar-refractivity contribution >= 4 is 0 Å². The molecule has 0 amide bonds. The molecule has 6 aromatic carbocycles. The average Bonchev–Trinajstić information content (AvgIpc) is 3.28. The van der Waals surface area contributed by atoms with Crippen molar-refractivity contribution in [3.8, 4) is 44.9 Å². The molecule has 0 aliphatic heterocycles. The second kappa shape index (κ2) is 9.53. The molecule has 2 nitrogen and oxygen atoms in total. The number of benzene rings is 6. The summed E-state index contributed by atoms with van der Waals surface area (Å²) < 4.78 is 0. The third-order valence-corrected chi connectivity index (χ3v) is 8.48. The lowest BCUT2D eigenvalue weighted by molar-refractivity contribution is 0.477. The Labute approximate surface area is 240 Å². The van der Waals surface area contributed by atoms with Crippen molar-refractivity contribution in [1.82, 2.24) is 0 Å². The van der Waals surface area contributed by atoms with Crippen LogP contribution in [0.4, 0.5) is 0 Å². The van der Waals surface area contributed by atoms with Gasteiger partial charge in [-0.05, 0) is 82.6 Å². The van der Waals surface area contributed by atoms with Gasteiger partial charge in [-0.3, -0.25) is 0 Å². The summed E-state index contributed by atoms with van der Waals surface area (Å²) in [4.78, 5) is 0. The number of phenolic OH excluding ortho intramolecular Hbond substituents is 2. The lowest BCUT2D eigenvalue weighted by Crippen LogP contribution is -2.29. The summed E-state index contributed by atoms with van der Waals surface area (Å²) in [5.41, 5.74) is 12.1. The molecule has 0 spiro atoms. The quantitative estimate of drug-likeness (QED) is 0.238. The molecular formula is C39H30O2. The molecule has 0 fully saturated rings. The molecule has 0 unspecified atom stereocenters. The zero-order valence-electron chi connectivity index (χ0n) is 23.1. The highest BCUT2D eigenvalue weighted by atomic mass is 16.3. The Morgan fingerprint density at radius 2 is 0.829 bits per heavy atom. The molecule has 7 rings (SSSR count). The van der Waals surface area contributed by atoms with Crippen LogP contribution >= 0.6 is 0 Å². The van der Waals surface area contributed by atoms with Crippen LogP contribution in [-0.4, -0.2) is 10.2 Å². The third-order valence-electron chi connectivity index (χ3n) is 8.48. The summed E-state index contributed by atoms with van der Waals surface area (Å²) in [5, 5.41) is 22.1. The van der Waals surface area contributed by atoms with Crippen molar-refractivity contribution in [1.29, 1.82) is 0 Å². The number of phenols is 2. The van der Waals surface area contributed by atoms with Gasteiger partial charge in [-0.2, -0.15) is 0 Å². The van der Waals surface area contributed by atoms with Crippen LogP contribution in [0.1, 0.15) is 33.4 Å². The lowest BCUT2D eigenvalue weighted by atomic mass is 9.66. The molecular weight excluding hydrogens is 500 g/mol. The molecule has 2 N–H and O–H groups in total. The van der Waals surface area contributed by atoms with Gasteiger partial charge in [-0.25, -0.2) is 0 Å².